The van der Waals surface area contributed by atoms with E-state index < -0.39 is 24.0 Å². The first-order chi connectivity index (χ1) is 16.9. The lowest BCUT2D eigenvalue weighted by Crippen LogP contribution is -2.36. The highest BCUT2D eigenvalue weighted by Crippen LogP contribution is 2.44. The maximum Gasteiger partial charge on any atom is 0.407 e. The van der Waals surface area contributed by atoms with E-state index in [9.17, 15) is 19.5 Å². The molecule has 8 heteroatoms. The molecule has 0 unspecified atom stereocenters. The number of carbonyl (C=O) groups excluding carboxylic acids is 2. The second kappa shape index (κ2) is 10.3. The third kappa shape index (κ3) is 5.27. The second-order valence-electron chi connectivity index (χ2n) is 8.34. The Morgan fingerprint density at radius 2 is 1.60 bits per heavy atom. The SMILES string of the molecule is COc1ccc(C(=O)O)c(NC(=O)C[C@@H](C)NC(=O)OCC2c3ccccc3-c3ccccc32)c1. The molecule has 1 atom stereocenters. The maximum absolute atomic E-state index is 12.5. The molecule has 180 valence electrons. The van der Waals surface area contributed by atoms with Crippen LogP contribution in [0.15, 0.2) is 66.7 Å². The fraction of sp³-hybridized carbons (Fsp3) is 0.222. The lowest BCUT2D eigenvalue weighted by molar-refractivity contribution is -0.116. The van der Waals surface area contributed by atoms with Crippen LogP contribution in [0.25, 0.3) is 11.1 Å². The Morgan fingerprint density at radius 1 is 0.971 bits per heavy atom. The molecular weight excluding hydrogens is 448 g/mol. The summed E-state index contributed by atoms with van der Waals surface area (Å²) in [6.45, 7) is 1.84. The van der Waals surface area contributed by atoms with Gasteiger partial charge in [0.2, 0.25) is 5.91 Å². The topological polar surface area (TPSA) is 114 Å². The van der Waals surface area contributed by atoms with E-state index in [1.165, 1.54) is 25.3 Å². The van der Waals surface area contributed by atoms with Gasteiger partial charge in [0.1, 0.15) is 12.4 Å². The van der Waals surface area contributed by atoms with E-state index in [2.05, 4.69) is 22.8 Å². The Bertz CT molecular complexity index is 1230. The first-order valence-corrected chi connectivity index (χ1v) is 11.2. The third-order valence-electron chi connectivity index (χ3n) is 5.93. The third-order valence-corrected chi connectivity index (χ3v) is 5.93. The minimum absolute atomic E-state index is 0.0590. The van der Waals surface area contributed by atoms with Crippen LogP contribution in [-0.4, -0.2) is 42.8 Å². The molecule has 1 aliphatic rings. The highest BCUT2D eigenvalue weighted by atomic mass is 16.5. The molecule has 3 aromatic rings. The second-order valence-corrected chi connectivity index (χ2v) is 8.34. The number of carboxylic acid groups (broad SMARTS) is 1. The number of carboxylic acids is 1. The largest absolute Gasteiger partial charge is 0.497 e. The van der Waals surface area contributed by atoms with Crippen LogP contribution in [0.5, 0.6) is 5.75 Å². The number of hydrogen-bond acceptors (Lipinski definition) is 5. The van der Waals surface area contributed by atoms with E-state index >= 15 is 0 Å². The molecule has 8 nitrogen and oxygen atoms in total. The summed E-state index contributed by atoms with van der Waals surface area (Å²) in [5.41, 5.74) is 4.57. The molecule has 4 rings (SSSR count). The molecule has 0 saturated heterocycles. The Morgan fingerprint density at radius 3 is 2.20 bits per heavy atom. The van der Waals surface area contributed by atoms with E-state index in [-0.39, 0.29) is 30.2 Å². The molecule has 0 fully saturated rings. The average molecular weight is 475 g/mol. The van der Waals surface area contributed by atoms with Gasteiger partial charge in [0.05, 0.1) is 18.4 Å². The van der Waals surface area contributed by atoms with Gasteiger partial charge >= 0.3 is 12.1 Å². The fourth-order valence-electron chi connectivity index (χ4n) is 4.31. The molecule has 0 spiro atoms. The van der Waals surface area contributed by atoms with Crippen molar-refractivity contribution in [3.05, 3.63) is 83.4 Å². The van der Waals surface area contributed by atoms with E-state index in [1.54, 1.807) is 6.92 Å². The zero-order valence-electron chi connectivity index (χ0n) is 19.4. The summed E-state index contributed by atoms with van der Waals surface area (Å²) in [6.07, 6.45) is -0.694. The summed E-state index contributed by atoms with van der Waals surface area (Å²) in [5.74, 6) is -1.27. The van der Waals surface area contributed by atoms with Crippen molar-refractivity contribution < 1.29 is 29.0 Å². The van der Waals surface area contributed by atoms with Gasteiger partial charge in [-0.15, -0.1) is 0 Å². The molecule has 0 aromatic heterocycles. The van der Waals surface area contributed by atoms with Gasteiger partial charge < -0.3 is 25.2 Å². The summed E-state index contributed by atoms with van der Waals surface area (Å²) < 4.78 is 10.6. The van der Waals surface area contributed by atoms with Crippen molar-refractivity contribution in [2.75, 3.05) is 19.0 Å². The zero-order valence-corrected chi connectivity index (χ0v) is 19.4. The van der Waals surface area contributed by atoms with Crippen molar-refractivity contribution in [2.45, 2.75) is 25.3 Å². The monoisotopic (exact) mass is 474 g/mol. The molecule has 35 heavy (non-hydrogen) atoms. The van der Waals surface area contributed by atoms with Gasteiger partial charge in [0.25, 0.3) is 0 Å². The first-order valence-electron chi connectivity index (χ1n) is 11.2. The van der Waals surface area contributed by atoms with Crippen LogP contribution in [0.2, 0.25) is 0 Å². The van der Waals surface area contributed by atoms with E-state index in [1.807, 2.05) is 36.4 Å². The zero-order chi connectivity index (χ0) is 24.9. The van der Waals surface area contributed by atoms with E-state index in [0.29, 0.717) is 5.75 Å². The normalized spacial score (nSPS) is 12.7. The molecule has 3 aromatic carbocycles. The Balaban J connectivity index is 1.33. The summed E-state index contributed by atoms with van der Waals surface area (Å²) in [7, 11) is 1.45. The minimum Gasteiger partial charge on any atom is -0.497 e. The predicted octanol–water partition coefficient (Wildman–Crippen LogP) is 4.65. The van der Waals surface area contributed by atoms with Crippen molar-refractivity contribution >= 4 is 23.7 Å². The summed E-state index contributed by atoms with van der Waals surface area (Å²) in [5, 5.41) is 14.6. The Kier molecular flexibility index (Phi) is 7.01. The first kappa shape index (κ1) is 23.8. The molecule has 3 N–H and O–H groups in total. The van der Waals surface area contributed by atoms with Crippen LogP contribution in [0, 0.1) is 0 Å². The molecular formula is C27H26N2O6. The molecule has 1 aliphatic carbocycles. The number of carbonyl (C=O) groups is 3. The lowest BCUT2D eigenvalue weighted by atomic mass is 9.98. The number of aromatic carboxylic acids is 1. The van der Waals surface area contributed by atoms with Gasteiger partial charge in [-0.1, -0.05) is 48.5 Å². The van der Waals surface area contributed by atoms with Gasteiger partial charge in [-0.05, 0) is 41.3 Å². The van der Waals surface area contributed by atoms with Crippen molar-refractivity contribution in [3.63, 3.8) is 0 Å². The highest BCUT2D eigenvalue weighted by Gasteiger charge is 2.29. The Hall–Kier alpha value is -4.33. The van der Waals surface area contributed by atoms with Gasteiger partial charge in [-0.25, -0.2) is 9.59 Å². The molecule has 0 bridgehead atoms. The van der Waals surface area contributed by atoms with Gasteiger partial charge in [-0.2, -0.15) is 0 Å². The summed E-state index contributed by atoms with van der Waals surface area (Å²) in [4.78, 5) is 36.4. The van der Waals surface area contributed by atoms with Crippen molar-refractivity contribution in [2.24, 2.45) is 0 Å². The minimum atomic E-state index is -1.17. The number of amides is 2. The predicted molar refractivity (Wildman–Crippen MR) is 131 cm³/mol. The molecule has 0 radical (unpaired) electrons. The number of rotatable bonds is 8. The summed E-state index contributed by atoms with van der Waals surface area (Å²) in [6, 6.07) is 19.9. The molecule has 0 heterocycles. The standard InChI is InChI=1S/C27H26N2O6/c1-16(13-25(30)29-24-14-17(34-2)11-12-22(24)26(31)32)28-27(33)35-15-23-20-9-5-3-7-18(20)19-8-4-6-10-21(19)23/h3-12,14,16,23H,13,15H2,1-2H3,(H,28,33)(H,29,30)(H,31,32)/t16-/m1/s1. The maximum atomic E-state index is 12.5. The number of ether oxygens (including phenoxy) is 2. The van der Waals surface area contributed by atoms with Crippen molar-refractivity contribution in [1.29, 1.82) is 0 Å². The summed E-state index contributed by atoms with van der Waals surface area (Å²) >= 11 is 0. The number of methoxy groups -OCH3 is 1. The number of fused-ring (bicyclic) bond motifs is 3. The van der Waals surface area contributed by atoms with Crippen LogP contribution in [-0.2, 0) is 9.53 Å². The van der Waals surface area contributed by atoms with Gasteiger partial charge in [0.15, 0.2) is 0 Å². The van der Waals surface area contributed by atoms with Crippen molar-refractivity contribution in [1.82, 2.24) is 5.32 Å². The molecule has 0 aliphatic heterocycles. The fourth-order valence-corrected chi connectivity index (χ4v) is 4.31. The lowest BCUT2D eigenvalue weighted by Gasteiger charge is -2.17. The van der Waals surface area contributed by atoms with Gasteiger partial charge in [0, 0.05) is 24.4 Å². The van der Waals surface area contributed by atoms with Crippen LogP contribution >= 0.6 is 0 Å². The average Bonchev–Trinajstić information content (AvgIpc) is 3.16. The van der Waals surface area contributed by atoms with Gasteiger partial charge in [-0.3, -0.25) is 4.79 Å². The van der Waals surface area contributed by atoms with Crippen LogP contribution in [0.3, 0.4) is 0 Å². The quantitative estimate of drug-likeness (QED) is 0.438. The van der Waals surface area contributed by atoms with E-state index in [0.717, 1.165) is 22.3 Å². The molecule has 2 amide bonds. The number of nitrogens with one attached hydrogen (secondary N) is 2. The van der Waals surface area contributed by atoms with Crippen LogP contribution in [0.1, 0.15) is 40.7 Å². The van der Waals surface area contributed by atoms with Crippen molar-refractivity contribution in [3.8, 4) is 16.9 Å². The Labute approximate surface area is 202 Å². The smallest absolute Gasteiger partial charge is 0.407 e. The molecule has 0 saturated carbocycles. The number of anilines is 1. The number of hydrogen-bond donors (Lipinski definition) is 3. The number of benzene rings is 3. The highest BCUT2D eigenvalue weighted by molar-refractivity contribution is 6.01. The van der Waals surface area contributed by atoms with Crippen LogP contribution in [0.4, 0.5) is 10.5 Å². The number of alkyl carbamates (subject to hydrolysis) is 1. The van der Waals surface area contributed by atoms with Crippen LogP contribution < -0.4 is 15.4 Å². The van der Waals surface area contributed by atoms with E-state index in [4.69, 9.17) is 9.47 Å².